The van der Waals surface area contributed by atoms with E-state index < -0.39 is 6.10 Å². The molecule has 33 heavy (non-hydrogen) atoms. The molecule has 1 atom stereocenters. The molecule has 0 aliphatic carbocycles. The van der Waals surface area contributed by atoms with E-state index in [2.05, 4.69) is 4.98 Å². The van der Waals surface area contributed by atoms with Crippen LogP contribution in [-0.4, -0.2) is 34.3 Å². The van der Waals surface area contributed by atoms with Crippen LogP contribution in [-0.2, 0) is 22.7 Å². The summed E-state index contributed by atoms with van der Waals surface area (Å²) in [5, 5.41) is 0.894. The maximum atomic E-state index is 13.3. The van der Waals surface area contributed by atoms with Gasteiger partial charge in [-0.25, -0.2) is 0 Å². The lowest BCUT2D eigenvalue weighted by Gasteiger charge is -2.33. The van der Waals surface area contributed by atoms with Crippen LogP contribution in [0.3, 0.4) is 0 Å². The van der Waals surface area contributed by atoms with Crippen LogP contribution < -0.4 is 9.64 Å². The lowest BCUT2D eigenvalue weighted by atomic mass is 10.1. The van der Waals surface area contributed by atoms with Gasteiger partial charge in [0.2, 0.25) is 5.91 Å². The number of aromatic nitrogens is 1. The Morgan fingerprint density at radius 3 is 2.61 bits per heavy atom. The highest BCUT2D eigenvalue weighted by Crippen LogP contribution is 2.33. The third kappa shape index (κ3) is 5.46. The molecule has 0 bridgehead atoms. The zero-order valence-electron chi connectivity index (χ0n) is 18.1. The highest BCUT2D eigenvalue weighted by atomic mass is 35.5. The number of amides is 2. The molecule has 3 aromatic rings. The first-order valence-electron chi connectivity index (χ1n) is 10.6. The van der Waals surface area contributed by atoms with E-state index in [0.717, 1.165) is 11.3 Å². The standard InChI is InChI=1S/C25H23Cl2N3O3/c1-17-25(32)30(22-7-2-3-8-23(22)33-17)13-11-24(31)29(16-19-6-4-5-12-28-19)15-18-9-10-20(26)21(27)14-18/h2-10,12,14,17H,11,13,15-16H2,1H3. The molecule has 0 spiro atoms. The van der Waals surface area contributed by atoms with E-state index >= 15 is 0 Å². The minimum absolute atomic E-state index is 0.101. The zero-order chi connectivity index (χ0) is 23.4. The first kappa shape index (κ1) is 23.1. The van der Waals surface area contributed by atoms with Gasteiger partial charge in [0.25, 0.3) is 5.91 Å². The summed E-state index contributed by atoms with van der Waals surface area (Å²) in [5.41, 5.74) is 2.30. The quantitative estimate of drug-likeness (QED) is 0.467. The summed E-state index contributed by atoms with van der Waals surface area (Å²) in [6.45, 7) is 2.65. The van der Waals surface area contributed by atoms with E-state index in [-0.39, 0.29) is 24.8 Å². The number of benzene rings is 2. The lowest BCUT2D eigenvalue weighted by Crippen LogP contribution is -2.46. The molecule has 0 fully saturated rings. The summed E-state index contributed by atoms with van der Waals surface area (Å²) in [7, 11) is 0. The smallest absolute Gasteiger partial charge is 0.267 e. The van der Waals surface area contributed by atoms with Crippen molar-refractivity contribution >= 4 is 40.7 Å². The van der Waals surface area contributed by atoms with Crippen LogP contribution in [0.15, 0.2) is 66.9 Å². The van der Waals surface area contributed by atoms with Gasteiger partial charge in [-0.05, 0) is 48.9 Å². The molecule has 2 amide bonds. The van der Waals surface area contributed by atoms with Gasteiger partial charge in [-0.1, -0.05) is 47.5 Å². The van der Waals surface area contributed by atoms with Crippen LogP contribution in [0.1, 0.15) is 24.6 Å². The van der Waals surface area contributed by atoms with Gasteiger partial charge in [-0.3, -0.25) is 14.6 Å². The van der Waals surface area contributed by atoms with Gasteiger partial charge in [-0.2, -0.15) is 0 Å². The van der Waals surface area contributed by atoms with Gasteiger partial charge >= 0.3 is 0 Å². The number of anilines is 1. The molecule has 2 aromatic carbocycles. The van der Waals surface area contributed by atoms with Crippen LogP contribution in [0.2, 0.25) is 10.0 Å². The second-order valence-electron chi connectivity index (χ2n) is 7.79. The minimum Gasteiger partial charge on any atom is -0.479 e. The van der Waals surface area contributed by atoms with Crippen LogP contribution in [0.5, 0.6) is 5.75 Å². The number of nitrogens with zero attached hydrogens (tertiary/aromatic N) is 3. The molecule has 0 radical (unpaired) electrons. The summed E-state index contributed by atoms with van der Waals surface area (Å²) in [6.07, 6.45) is 1.25. The molecule has 4 rings (SSSR count). The van der Waals surface area contributed by atoms with Crippen molar-refractivity contribution in [1.82, 2.24) is 9.88 Å². The van der Waals surface area contributed by atoms with E-state index in [0.29, 0.717) is 34.6 Å². The molecular formula is C25H23Cl2N3O3. The molecule has 1 unspecified atom stereocenters. The number of halogens is 2. The fourth-order valence-electron chi connectivity index (χ4n) is 3.73. The van der Waals surface area contributed by atoms with Crippen molar-refractivity contribution in [2.45, 2.75) is 32.5 Å². The van der Waals surface area contributed by atoms with Crippen LogP contribution >= 0.6 is 23.2 Å². The Kier molecular flexibility index (Phi) is 7.16. The Balaban J connectivity index is 1.52. The largest absolute Gasteiger partial charge is 0.479 e. The first-order chi connectivity index (χ1) is 15.9. The van der Waals surface area contributed by atoms with Crippen LogP contribution in [0, 0.1) is 0 Å². The number of fused-ring (bicyclic) bond motifs is 1. The fraction of sp³-hybridized carbons (Fsp3) is 0.240. The number of carbonyl (C=O) groups is 2. The van der Waals surface area contributed by atoms with E-state index in [9.17, 15) is 9.59 Å². The maximum Gasteiger partial charge on any atom is 0.267 e. The SMILES string of the molecule is CC1Oc2ccccc2N(CCC(=O)N(Cc2ccc(Cl)c(Cl)c2)Cc2ccccn2)C1=O. The number of rotatable bonds is 7. The molecule has 8 heteroatoms. The normalized spacial score (nSPS) is 15.1. The Morgan fingerprint density at radius 1 is 1.06 bits per heavy atom. The highest BCUT2D eigenvalue weighted by molar-refractivity contribution is 6.42. The summed E-state index contributed by atoms with van der Waals surface area (Å²) in [6, 6.07) is 18.3. The minimum atomic E-state index is -0.601. The molecular weight excluding hydrogens is 461 g/mol. The monoisotopic (exact) mass is 483 g/mol. The summed E-state index contributed by atoms with van der Waals surface area (Å²) >= 11 is 12.2. The molecule has 0 saturated carbocycles. The van der Waals surface area contributed by atoms with E-state index in [1.165, 1.54) is 0 Å². The Hall–Kier alpha value is -3.09. The molecule has 1 aromatic heterocycles. The van der Waals surface area contributed by atoms with Gasteiger partial charge in [0.05, 0.1) is 28.0 Å². The van der Waals surface area contributed by atoms with Crippen molar-refractivity contribution in [3.63, 3.8) is 0 Å². The Bertz CT molecular complexity index is 1160. The molecule has 0 saturated heterocycles. The maximum absolute atomic E-state index is 13.3. The molecule has 2 heterocycles. The van der Waals surface area contributed by atoms with Crippen molar-refractivity contribution in [3.05, 3.63) is 88.2 Å². The summed E-state index contributed by atoms with van der Waals surface area (Å²) in [4.78, 5) is 33.8. The molecule has 170 valence electrons. The average Bonchev–Trinajstić information content (AvgIpc) is 2.82. The van der Waals surface area contributed by atoms with Crippen molar-refractivity contribution in [3.8, 4) is 5.75 Å². The van der Waals surface area contributed by atoms with Crippen LogP contribution in [0.25, 0.3) is 0 Å². The zero-order valence-corrected chi connectivity index (χ0v) is 19.6. The Morgan fingerprint density at radius 2 is 1.85 bits per heavy atom. The second kappa shape index (κ2) is 10.2. The third-order valence-corrected chi connectivity index (χ3v) is 6.15. The fourth-order valence-corrected chi connectivity index (χ4v) is 4.05. The molecule has 1 aliphatic heterocycles. The van der Waals surface area contributed by atoms with Crippen molar-refractivity contribution in [2.24, 2.45) is 0 Å². The number of pyridine rings is 1. The van der Waals surface area contributed by atoms with Crippen molar-refractivity contribution in [2.75, 3.05) is 11.4 Å². The predicted molar refractivity (Wildman–Crippen MR) is 128 cm³/mol. The van der Waals surface area contributed by atoms with Crippen molar-refractivity contribution in [1.29, 1.82) is 0 Å². The second-order valence-corrected chi connectivity index (χ2v) is 8.60. The summed E-state index contributed by atoms with van der Waals surface area (Å²) < 4.78 is 5.69. The lowest BCUT2D eigenvalue weighted by molar-refractivity contribution is -0.132. The van der Waals surface area contributed by atoms with E-state index in [4.69, 9.17) is 27.9 Å². The summed E-state index contributed by atoms with van der Waals surface area (Å²) in [5.74, 6) is 0.372. The van der Waals surface area contributed by atoms with Crippen molar-refractivity contribution < 1.29 is 14.3 Å². The molecule has 0 N–H and O–H groups in total. The average molecular weight is 484 g/mol. The third-order valence-electron chi connectivity index (χ3n) is 5.41. The number of carbonyl (C=O) groups excluding carboxylic acids is 2. The number of hydrogen-bond donors (Lipinski definition) is 0. The topological polar surface area (TPSA) is 62.7 Å². The number of ether oxygens (including phenoxy) is 1. The van der Waals surface area contributed by atoms with Gasteiger partial charge in [0.15, 0.2) is 6.10 Å². The number of hydrogen-bond acceptors (Lipinski definition) is 4. The highest BCUT2D eigenvalue weighted by Gasteiger charge is 2.31. The van der Waals surface area contributed by atoms with E-state index in [1.54, 1.807) is 35.1 Å². The van der Waals surface area contributed by atoms with Gasteiger partial charge < -0.3 is 14.5 Å². The molecule has 1 aliphatic rings. The number of para-hydroxylation sites is 2. The predicted octanol–water partition coefficient (Wildman–Crippen LogP) is 5.12. The van der Waals surface area contributed by atoms with Gasteiger partial charge in [-0.15, -0.1) is 0 Å². The Labute approximate surface area is 202 Å². The first-order valence-corrected chi connectivity index (χ1v) is 11.4. The van der Waals surface area contributed by atoms with Gasteiger partial charge in [0.1, 0.15) is 5.75 Å². The molecule has 6 nitrogen and oxygen atoms in total. The van der Waals surface area contributed by atoms with Gasteiger partial charge in [0, 0.05) is 25.7 Å². The van der Waals surface area contributed by atoms with Crippen LogP contribution in [0.4, 0.5) is 5.69 Å². The van der Waals surface area contributed by atoms with E-state index in [1.807, 2.05) is 48.5 Å².